The van der Waals surface area contributed by atoms with Gasteiger partial charge in [0.05, 0.1) is 0 Å². The molecule has 1 aliphatic carbocycles. The molecule has 0 amide bonds. The van der Waals surface area contributed by atoms with E-state index in [1.807, 2.05) is 0 Å². The molecular formula is C18H35N5. The van der Waals surface area contributed by atoms with Crippen molar-refractivity contribution >= 4 is 0 Å². The van der Waals surface area contributed by atoms with E-state index in [0.29, 0.717) is 6.04 Å². The highest BCUT2D eigenvalue weighted by Gasteiger charge is 2.42. The number of nitrogens with zero attached hydrogens (tertiary/aromatic N) is 2. The normalized spacial score (nSPS) is 43.6. The zero-order chi connectivity index (χ0) is 15.5. The maximum atomic E-state index is 3.43. The van der Waals surface area contributed by atoms with E-state index in [1.165, 1.54) is 83.6 Å². The first-order chi connectivity index (χ1) is 11.4. The van der Waals surface area contributed by atoms with Gasteiger partial charge in [0, 0.05) is 25.2 Å². The van der Waals surface area contributed by atoms with Crippen molar-refractivity contribution < 1.29 is 0 Å². The van der Waals surface area contributed by atoms with Crippen LogP contribution in [0.25, 0.3) is 0 Å². The van der Waals surface area contributed by atoms with Crippen LogP contribution >= 0.6 is 0 Å². The highest BCUT2D eigenvalue weighted by atomic mass is 15.9. The Hall–Kier alpha value is -0.200. The van der Waals surface area contributed by atoms with Gasteiger partial charge in [-0.05, 0) is 37.5 Å². The molecule has 4 fully saturated rings. The van der Waals surface area contributed by atoms with Crippen molar-refractivity contribution in [1.82, 2.24) is 26.6 Å². The fraction of sp³-hybridized carbons (Fsp3) is 1.00. The van der Waals surface area contributed by atoms with Gasteiger partial charge in [-0.25, -0.2) is 10.4 Å². The van der Waals surface area contributed by atoms with Crippen molar-refractivity contribution in [3.63, 3.8) is 0 Å². The summed E-state index contributed by atoms with van der Waals surface area (Å²) in [5, 5.41) is 5.06. The van der Waals surface area contributed by atoms with E-state index in [2.05, 4.69) is 26.6 Å². The summed E-state index contributed by atoms with van der Waals surface area (Å²) in [7, 11) is 0. The van der Waals surface area contributed by atoms with Gasteiger partial charge < -0.3 is 0 Å². The minimum Gasteiger partial charge on any atom is -0.239 e. The Balaban J connectivity index is 1.45. The van der Waals surface area contributed by atoms with Crippen LogP contribution in [0.15, 0.2) is 0 Å². The molecule has 4 aliphatic rings. The Morgan fingerprint density at radius 2 is 1.61 bits per heavy atom. The minimum absolute atomic E-state index is 0.569. The number of rotatable bonds is 0. The van der Waals surface area contributed by atoms with Crippen LogP contribution in [0.5, 0.6) is 0 Å². The number of hydrogen-bond acceptors (Lipinski definition) is 5. The molecule has 5 unspecified atom stereocenters. The SMILES string of the molecule is C1CCCCC2CN(NNN2)N2CCC3CCC(CCC1)CC32. The van der Waals surface area contributed by atoms with E-state index in [9.17, 15) is 0 Å². The van der Waals surface area contributed by atoms with Crippen LogP contribution in [0.2, 0.25) is 0 Å². The Labute approximate surface area is 141 Å². The van der Waals surface area contributed by atoms with E-state index >= 15 is 0 Å². The van der Waals surface area contributed by atoms with Gasteiger partial charge >= 0.3 is 0 Å². The Bertz CT molecular complexity index is 376. The number of hydrazine groups is 4. The van der Waals surface area contributed by atoms with Gasteiger partial charge in [0.2, 0.25) is 0 Å². The lowest BCUT2D eigenvalue weighted by Gasteiger charge is -2.44. The number of nitrogens with one attached hydrogen (secondary N) is 3. The van der Waals surface area contributed by atoms with Crippen LogP contribution in [0.3, 0.4) is 0 Å². The predicted molar refractivity (Wildman–Crippen MR) is 92.8 cm³/mol. The van der Waals surface area contributed by atoms with E-state index in [-0.39, 0.29) is 0 Å². The quantitative estimate of drug-likeness (QED) is 0.640. The third kappa shape index (κ3) is 3.90. The average Bonchev–Trinajstić information content (AvgIpc) is 3.00. The lowest BCUT2D eigenvalue weighted by Crippen LogP contribution is -2.70. The molecule has 1 saturated carbocycles. The van der Waals surface area contributed by atoms with Crippen LogP contribution in [0.4, 0.5) is 0 Å². The largest absolute Gasteiger partial charge is 0.239 e. The molecule has 5 atom stereocenters. The summed E-state index contributed by atoms with van der Waals surface area (Å²) in [5.41, 5.74) is 10.0. The van der Waals surface area contributed by atoms with E-state index in [0.717, 1.165) is 24.4 Å². The summed E-state index contributed by atoms with van der Waals surface area (Å²) >= 11 is 0. The van der Waals surface area contributed by atoms with Crippen molar-refractivity contribution in [2.45, 2.75) is 89.1 Å². The molecule has 0 aromatic carbocycles. The lowest BCUT2D eigenvalue weighted by molar-refractivity contribution is -0.137. The summed E-state index contributed by atoms with van der Waals surface area (Å²) in [6.07, 6.45) is 17.1. The van der Waals surface area contributed by atoms with Crippen molar-refractivity contribution in [3.05, 3.63) is 0 Å². The lowest BCUT2D eigenvalue weighted by atomic mass is 9.77. The molecule has 0 aromatic rings. The van der Waals surface area contributed by atoms with E-state index in [4.69, 9.17) is 0 Å². The van der Waals surface area contributed by atoms with Crippen LogP contribution in [-0.4, -0.2) is 35.3 Å². The predicted octanol–water partition coefficient (Wildman–Crippen LogP) is 2.72. The summed E-state index contributed by atoms with van der Waals surface area (Å²) in [4.78, 5) is 0. The van der Waals surface area contributed by atoms with E-state index in [1.54, 1.807) is 0 Å². The zero-order valence-electron chi connectivity index (χ0n) is 14.6. The minimum atomic E-state index is 0.569. The summed E-state index contributed by atoms with van der Waals surface area (Å²) < 4.78 is 0. The second kappa shape index (κ2) is 7.79. The van der Waals surface area contributed by atoms with E-state index < -0.39 is 0 Å². The number of hydrogen-bond donors (Lipinski definition) is 3. The highest BCUT2D eigenvalue weighted by molar-refractivity contribution is 4.92. The number of fused-ring (bicyclic) bond motifs is 4. The first-order valence-electron chi connectivity index (χ1n) is 10.2. The molecule has 23 heavy (non-hydrogen) atoms. The van der Waals surface area contributed by atoms with Gasteiger partial charge in [-0.15, -0.1) is 0 Å². The molecule has 4 bridgehead atoms. The highest BCUT2D eigenvalue weighted by Crippen LogP contribution is 2.41. The fourth-order valence-electron chi connectivity index (χ4n) is 5.38. The molecule has 4 rings (SSSR count). The first kappa shape index (κ1) is 16.3. The second-order valence-electron chi connectivity index (χ2n) is 8.32. The monoisotopic (exact) mass is 321 g/mol. The van der Waals surface area contributed by atoms with Crippen LogP contribution in [0, 0.1) is 11.8 Å². The topological polar surface area (TPSA) is 42.6 Å². The zero-order valence-corrected chi connectivity index (χ0v) is 14.6. The average molecular weight is 322 g/mol. The van der Waals surface area contributed by atoms with Crippen molar-refractivity contribution in [2.75, 3.05) is 13.1 Å². The van der Waals surface area contributed by atoms with Crippen LogP contribution < -0.4 is 16.5 Å². The second-order valence-corrected chi connectivity index (χ2v) is 8.32. The van der Waals surface area contributed by atoms with Crippen molar-refractivity contribution in [2.24, 2.45) is 11.8 Å². The Morgan fingerprint density at radius 1 is 0.783 bits per heavy atom. The molecule has 3 heterocycles. The molecule has 5 nitrogen and oxygen atoms in total. The molecule has 5 heteroatoms. The van der Waals surface area contributed by atoms with Crippen molar-refractivity contribution in [1.29, 1.82) is 0 Å². The maximum Gasteiger partial charge on any atom is 0.0472 e. The molecule has 0 aromatic heterocycles. The first-order valence-corrected chi connectivity index (χ1v) is 10.2. The van der Waals surface area contributed by atoms with Crippen LogP contribution in [0.1, 0.15) is 77.0 Å². The third-order valence-electron chi connectivity index (χ3n) is 6.76. The van der Waals surface area contributed by atoms with Gasteiger partial charge in [-0.2, -0.15) is 16.2 Å². The van der Waals surface area contributed by atoms with Gasteiger partial charge in [0.15, 0.2) is 0 Å². The molecule has 132 valence electrons. The summed E-state index contributed by atoms with van der Waals surface area (Å²) in [5.74, 6) is 1.92. The summed E-state index contributed by atoms with van der Waals surface area (Å²) in [6.45, 7) is 2.34. The third-order valence-corrected chi connectivity index (χ3v) is 6.76. The summed E-state index contributed by atoms with van der Waals surface area (Å²) in [6, 6.07) is 1.35. The Kier molecular flexibility index (Phi) is 5.51. The fourth-order valence-corrected chi connectivity index (χ4v) is 5.38. The van der Waals surface area contributed by atoms with Gasteiger partial charge in [0.25, 0.3) is 0 Å². The maximum absolute atomic E-state index is 3.43. The molecule has 3 aliphatic heterocycles. The molecule has 0 radical (unpaired) electrons. The molecule has 3 saturated heterocycles. The van der Waals surface area contributed by atoms with Gasteiger partial charge in [-0.1, -0.05) is 51.4 Å². The van der Waals surface area contributed by atoms with Gasteiger partial charge in [0.1, 0.15) is 0 Å². The van der Waals surface area contributed by atoms with Crippen LogP contribution in [-0.2, 0) is 0 Å². The van der Waals surface area contributed by atoms with Crippen molar-refractivity contribution in [3.8, 4) is 0 Å². The molecule has 0 spiro atoms. The molecular weight excluding hydrogens is 286 g/mol. The smallest absolute Gasteiger partial charge is 0.0472 e. The van der Waals surface area contributed by atoms with Gasteiger partial charge in [-0.3, -0.25) is 0 Å². The Morgan fingerprint density at radius 3 is 2.52 bits per heavy atom. The molecule has 3 N–H and O–H groups in total. The standard InChI is InChI=1S/C18H35N5/c1-2-4-6-8-17-14-23(21-20-19-17)22-12-11-16-10-9-15(7-5-3-1)13-18(16)22/h15-21H,1-14H2.